The van der Waals surface area contributed by atoms with Crippen LogP contribution in [0.1, 0.15) is 29.3 Å². The van der Waals surface area contributed by atoms with Crippen LogP contribution in [0.2, 0.25) is 0 Å². The smallest absolute Gasteiger partial charge is 0.342 e. The van der Waals surface area contributed by atoms with E-state index in [0.29, 0.717) is 22.6 Å². The molecule has 0 saturated carbocycles. The van der Waals surface area contributed by atoms with E-state index >= 15 is 0 Å². The molecule has 0 bridgehead atoms. The highest BCUT2D eigenvalue weighted by Crippen LogP contribution is 2.27. The number of hydrogen-bond donors (Lipinski definition) is 0. The number of carbonyl (C=O) groups is 1. The van der Waals surface area contributed by atoms with Crippen molar-refractivity contribution in [3.63, 3.8) is 0 Å². The summed E-state index contributed by atoms with van der Waals surface area (Å²) in [6, 6.07) is 22.7. The molecule has 162 valence electrons. The van der Waals surface area contributed by atoms with Crippen LogP contribution in [-0.4, -0.2) is 30.9 Å². The predicted molar refractivity (Wildman–Crippen MR) is 120 cm³/mol. The van der Waals surface area contributed by atoms with E-state index in [2.05, 4.69) is 20.2 Å². The van der Waals surface area contributed by atoms with Crippen molar-refractivity contribution in [1.29, 1.82) is 0 Å². The van der Waals surface area contributed by atoms with Crippen molar-refractivity contribution >= 4 is 5.97 Å². The van der Waals surface area contributed by atoms with Gasteiger partial charge in [0.1, 0.15) is 11.3 Å². The van der Waals surface area contributed by atoms with Crippen molar-refractivity contribution in [2.24, 2.45) is 0 Å². The summed E-state index contributed by atoms with van der Waals surface area (Å²) in [6.45, 7) is 1.68. The van der Waals surface area contributed by atoms with Crippen molar-refractivity contribution < 1.29 is 14.1 Å². The Labute approximate surface area is 189 Å². The van der Waals surface area contributed by atoms with Gasteiger partial charge in [-0.1, -0.05) is 53.7 Å². The molecule has 2 aromatic carbocycles. The van der Waals surface area contributed by atoms with Gasteiger partial charge in [0.15, 0.2) is 6.10 Å². The van der Waals surface area contributed by atoms with Crippen LogP contribution in [0.4, 0.5) is 0 Å². The number of hydrogen-bond acceptors (Lipinski definition) is 7. The number of ether oxygens (including phenoxy) is 1. The second-order valence-electron chi connectivity index (χ2n) is 7.28. The third kappa shape index (κ3) is 4.27. The number of rotatable bonds is 6. The van der Waals surface area contributed by atoms with Gasteiger partial charge in [-0.25, -0.2) is 9.48 Å². The molecule has 0 aliphatic carbocycles. The van der Waals surface area contributed by atoms with E-state index in [1.165, 1.54) is 0 Å². The highest BCUT2D eigenvalue weighted by atomic mass is 16.6. The third-order valence-corrected chi connectivity index (χ3v) is 5.00. The molecule has 0 saturated heterocycles. The number of esters is 1. The molecule has 0 radical (unpaired) electrons. The number of aromatic nitrogens is 5. The van der Waals surface area contributed by atoms with E-state index in [1.807, 2.05) is 66.7 Å². The molecule has 0 fully saturated rings. The second kappa shape index (κ2) is 8.88. The molecule has 0 N–H and O–H groups in total. The Morgan fingerprint density at radius 1 is 0.970 bits per heavy atom. The number of benzene rings is 2. The predicted octanol–water partition coefficient (Wildman–Crippen LogP) is 4.90. The van der Waals surface area contributed by atoms with Crippen LogP contribution in [0.3, 0.4) is 0 Å². The molecule has 0 spiro atoms. The molecule has 0 aliphatic rings. The lowest BCUT2D eigenvalue weighted by Gasteiger charge is -2.09. The Balaban J connectivity index is 1.43. The van der Waals surface area contributed by atoms with Crippen LogP contribution in [0.5, 0.6) is 0 Å². The zero-order valence-corrected chi connectivity index (χ0v) is 17.7. The lowest BCUT2D eigenvalue weighted by Crippen LogP contribution is -2.10. The van der Waals surface area contributed by atoms with Crippen molar-refractivity contribution in [1.82, 2.24) is 24.9 Å². The van der Waals surface area contributed by atoms with Gasteiger partial charge in [-0.3, -0.25) is 4.98 Å². The topological polar surface area (TPSA) is 95.9 Å². The van der Waals surface area contributed by atoms with Crippen LogP contribution in [0.15, 0.2) is 95.9 Å². The van der Waals surface area contributed by atoms with E-state index in [1.54, 1.807) is 36.3 Å². The minimum absolute atomic E-state index is 0.193. The molecule has 8 nitrogen and oxygen atoms in total. The Kier molecular flexibility index (Phi) is 5.47. The molecule has 0 aliphatic heterocycles. The lowest BCUT2D eigenvalue weighted by atomic mass is 10.1. The summed E-state index contributed by atoms with van der Waals surface area (Å²) in [5.74, 6) is 0.0337. The summed E-state index contributed by atoms with van der Waals surface area (Å²) >= 11 is 0. The first-order valence-electron chi connectivity index (χ1n) is 10.3. The molecular weight excluding hydrogens is 418 g/mol. The van der Waals surface area contributed by atoms with Crippen molar-refractivity contribution in [2.75, 3.05) is 0 Å². The number of pyridine rings is 1. The molecule has 1 unspecified atom stereocenters. The van der Waals surface area contributed by atoms with E-state index < -0.39 is 12.1 Å². The van der Waals surface area contributed by atoms with E-state index in [4.69, 9.17) is 9.26 Å². The van der Waals surface area contributed by atoms with Gasteiger partial charge >= 0.3 is 5.97 Å². The Bertz CT molecular complexity index is 1370. The first-order valence-corrected chi connectivity index (χ1v) is 10.3. The van der Waals surface area contributed by atoms with Crippen molar-refractivity contribution in [2.45, 2.75) is 13.0 Å². The second-order valence-corrected chi connectivity index (χ2v) is 7.28. The van der Waals surface area contributed by atoms with Gasteiger partial charge in [0.2, 0.25) is 5.82 Å². The molecule has 0 amide bonds. The van der Waals surface area contributed by atoms with Crippen molar-refractivity contribution in [3.05, 3.63) is 103 Å². The third-order valence-electron chi connectivity index (χ3n) is 5.00. The van der Waals surface area contributed by atoms with Crippen LogP contribution in [0, 0.1) is 0 Å². The minimum Gasteiger partial charge on any atom is -0.449 e. The molecule has 5 aromatic rings. The van der Waals surface area contributed by atoms with Gasteiger partial charge in [0.25, 0.3) is 5.89 Å². The highest BCUT2D eigenvalue weighted by molar-refractivity contribution is 5.96. The summed E-state index contributed by atoms with van der Waals surface area (Å²) in [5, 5.41) is 8.62. The first-order chi connectivity index (χ1) is 16.2. The fourth-order valence-electron chi connectivity index (χ4n) is 3.33. The maximum Gasteiger partial charge on any atom is 0.342 e. The minimum atomic E-state index is -0.751. The molecule has 33 heavy (non-hydrogen) atoms. The average molecular weight is 437 g/mol. The zero-order chi connectivity index (χ0) is 22.6. The monoisotopic (exact) mass is 437 g/mol. The normalized spacial score (nSPS) is 11.8. The highest BCUT2D eigenvalue weighted by Gasteiger charge is 2.25. The van der Waals surface area contributed by atoms with Crippen LogP contribution in [-0.2, 0) is 4.74 Å². The standard InChI is InChI=1S/C25H19N5O3/c1-17(24-27-23(29-33-24)19-11-8-14-26-15-19)32-25(31)21-16-30(20-12-6-3-7-13-20)28-22(21)18-9-4-2-5-10-18/h2-17H,1H3. The largest absolute Gasteiger partial charge is 0.449 e. The number of nitrogens with zero attached hydrogens (tertiary/aromatic N) is 5. The Hall–Kier alpha value is -4.59. The number of carbonyl (C=O) groups excluding carboxylic acids is 1. The van der Waals surface area contributed by atoms with E-state index in [-0.39, 0.29) is 5.89 Å². The quantitative estimate of drug-likeness (QED) is 0.349. The summed E-state index contributed by atoms with van der Waals surface area (Å²) in [6.07, 6.45) is 4.21. The maximum atomic E-state index is 13.2. The first kappa shape index (κ1) is 20.3. The van der Waals surface area contributed by atoms with Gasteiger partial charge < -0.3 is 9.26 Å². The lowest BCUT2D eigenvalue weighted by molar-refractivity contribution is 0.0266. The van der Waals surface area contributed by atoms with E-state index in [0.717, 1.165) is 11.3 Å². The van der Waals surface area contributed by atoms with Crippen molar-refractivity contribution in [3.8, 4) is 28.3 Å². The number of para-hydroxylation sites is 1. The van der Waals surface area contributed by atoms with Gasteiger partial charge in [-0.2, -0.15) is 10.1 Å². The molecule has 3 aromatic heterocycles. The Morgan fingerprint density at radius 2 is 1.70 bits per heavy atom. The SMILES string of the molecule is CC(OC(=O)c1cn(-c2ccccc2)nc1-c1ccccc1)c1nc(-c2cccnc2)no1. The van der Waals surface area contributed by atoms with Gasteiger partial charge in [-0.05, 0) is 31.2 Å². The van der Waals surface area contributed by atoms with Crippen LogP contribution >= 0.6 is 0 Å². The van der Waals surface area contributed by atoms with Gasteiger partial charge in [0.05, 0.1) is 5.69 Å². The van der Waals surface area contributed by atoms with Crippen LogP contribution < -0.4 is 0 Å². The fraction of sp³-hybridized carbons (Fsp3) is 0.0800. The zero-order valence-electron chi connectivity index (χ0n) is 17.7. The molecule has 1 atom stereocenters. The molecule has 3 heterocycles. The average Bonchev–Trinajstić information content (AvgIpc) is 3.54. The van der Waals surface area contributed by atoms with E-state index in [9.17, 15) is 4.79 Å². The van der Waals surface area contributed by atoms with Crippen LogP contribution in [0.25, 0.3) is 28.3 Å². The summed E-state index contributed by atoms with van der Waals surface area (Å²) < 4.78 is 12.7. The van der Waals surface area contributed by atoms with Gasteiger partial charge in [0, 0.05) is 29.7 Å². The molecule has 8 heteroatoms. The van der Waals surface area contributed by atoms with Gasteiger partial charge in [-0.15, -0.1) is 0 Å². The summed E-state index contributed by atoms with van der Waals surface area (Å²) in [7, 11) is 0. The summed E-state index contributed by atoms with van der Waals surface area (Å²) in [5.41, 5.74) is 3.21. The molecular formula is C25H19N5O3. The molecule has 5 rings (SSSR count). The summed E-state index contributed by atoms with van der Waals surface area (Å²) in [4.78, 5) is 21.6. The fourth-order valence-corrected chi connectivity index (χ4v) is 3.33. The maximum absolute atomic E-state index is 13.2. The Morgan fingerprint density at radius 3 is 2.42 bits per heavy atom.